The summed E-state index contributed by atoms with van der Waals surface area (Å²) in [5, 5.41) is 0. The summed E-state index contributed by atoms with van der Waals surface area (Å²) in [5.74, 6) is 0.490. The Labute approximate surface area is 147 Å². The molecule has 0 bridgehead atoms. The minimum Gasteiger partial charge on any atom is -0.335 e. The van der Waals surface area contributed by atoms with Crippen LogP contribution in [-0.2, 0) is 0 Å². The van der Waals surface area contributed by atoms with E-state index in [0.717, 1.165) is 19.4 Å². The molecule has 2 aromatic rings. The number of piperidine rings is 1. The van der Waals surface area contributed by atoms with E-state index >= 15 is 0 Å². The van der Waals surface area contributed by atoms with E-state index in [1.165, 1.54) is 25.7 Å². The zero-order chi connectivity index (χ0) is 17.2. The van der Waals surface area contributed by atoms with Gasteiger partial charge in [-0.3, -0.25) is 14.6 Å². The molecular formula is C20H23N3O2. The number of likely N-dealkylation sites (tertiary alicyclic amines) is 1. The normalized spacial score (nSPS) is 23.1. The van der Waals surface area contributed by atoms with E-state index in [2.05, 4.69) is 9.97 Å². The van der Waals surface area contributed by atoms with Crippen molar-refractivity contribution in [1.82, 2.24) is 14.9 Å². The topological polar surface area (TPSA) is 66.1 Å². The molecule has 2 fully saturated rings. The molecule has 0 aromatic carbocycles. The minimum atomic E-state index is -0.328. The van der Waals surface area contributed by atoms with Crippen molar-refractivity contribution in [1.29, 1.82) is 0 Å². The molecule has 2 aliphatic rings. The monoisotopic (exact) mass is 337 g/mol. The third kappa shape index (κ3) is 3.11. The van der Waals surface area contributed by atoms with E-state index in [9.17, 15) is 9.59 Å². The van der Waals surface area contributed by atoms with Crippen LogP contribution in [0.2, 0.25) is 0 Å². The van der Waals surface area contributed by atoms with Gasteiger partial charge in [-0.1, -0.05) is 18.9 Å². The molecule has 25 heavy (non-hydrogen) atoms. The summed E-state index contributed by atoms with van der Waals surface area (Å²) >= 11 is 0. The van der Waals surface area contributed by atoms with Crippen molar-refractivity contribution in [3.05, 3.63) is 52.4 Å². The number of carbonyl (C=O) groups is 1. The van der Waals surface area contributed by atoms with Crippen molar-refractivity contribution in [3.8, 4) is 11.4 Å². The Balaban J connectivity index is 1.61. The van der Waals surface area contributed by atoms with Gasteiger partial charge in [0.2, 0.25) is 0 Å². The third-order valence-electron chi connectivity index (χ3n) is 5.58. The maximum Gasteiger partial charge on any atom is 0.261 e. The molecular weight excluding hydrogens is 314 g/mol. The largest absolute Gasteiger partial charge is 0.335 e. The van der Waals surface area contributed by atoms with Crippen LogP contribution in [0.4, 0.5) is 0 Å². The second kappa shape index (κ2) is 6.82. The average molecular weight is 337 g/mol. The molecule has 2 aromatic heterocycles. The maximum absolute atomic E-state index is 13.0. The van der Waals surface area contributed by atoms with Gasteiger partial charge >= 0.3 is 0 Å². The maximum atomic E-state index is 13.0. The van der Waals surface area contributed by atoms with Gasteiger partial charge in [0.05, 0.1) is 11.4 Å². The van der Waals surface area contributed by atoms with Crippen LogP contribution in [0.25, 0.3) is 11.4 Å². The van der Waals surface area contributed by atoms with E-state index in [1.54, 1.807) is 18.3 Å². The molecule has 1 amide bonds. The number of hydrogen-bond acceptors (Lipinski definition) is 3. The fourth-order valence-electron chi connectivity index (χ4n) is 4.35. The lowest BCUT2D eigenvalue weighted by molar-refractivity contribution is 0.0389. The first-order chi connectivity index (χ1) is 12.2. The van der Waals surface area contributed by atoms with Gasteiger partial charge in [-0.05, 0) is 55.9 Å². The fraction of sp³-hybridized carbons (Fsp3) is 0.450. The van der Waals surface area contributed by atoms with E-state index in [0.29, 0.717) is 23.3 Å². The molecule has 0 radical (unpaired) electrons. The number of nitrogens with zero attached hydrogens (tertiary/aromatic N) is 2. The molecule has 1 saturated carbocycles. The second-order valence-electron chi connectivity index (χ2n) is 7.08. The molecule has 0 unspecified atom stereocenters. The summed E-state index contributed by atoms with van der Waals surface area (Å²) in [4.78, 5) is 34.6. The van der Waals surface area contributed by atoms with Crippen molar-refractivity contribution in [2.24, 2.45) is 5.92 Å². The van der Waals surface area contributed by atoms with Crippen LogP contribution in [0, 0.1) is 5.92 Å². The molecule has 1 aliphatic heterocycles. The molecule has 1 N–H and O–H groups in total. The molecule has 1 aliphatic carbocycles. The Kier molecular flexibility index (Phi) is 4.38. The lowest BCUT2D eigenvalue weighted by atomic mass is 9.78. The van der Waals surface area contributed by atoms with Crippen molar-refractivity contribution >= 4 is 5.91 Å². The lowest BCUT2D eigenvalue weighted by Crippen LogP contribution is -2.50. The highest BCUT2D eigenvalue weighted by atomic mass is 16.2. The number of fused-ring (bicyclic) bond motifs is 1. The summed E-state index contributed by atoms with van der Waals surface area (Å²) in [5.41, 5.74) is 1.25. The Morgan fingerprint density at radius 1 is 1.08 bits per heavy atom. The zero-order valence-corrected chi connectivity index (χ0v) is 14.3. The minimum absolute atomic E-state index is 0.120. The van der Waals surface area contributed by atoms with Gasteiger partial charge in [0, 0.05) is 18.8 Å². The van der Waals surface area contributed by atoms with Crippen LogP contribution in [0.15, 0.2) is 41.3 Å². The van der Waals surface area contributed by atoms with E-state index in [1.807, 2.05) is 23.1 Å². The highest BCUT2D eigenvalue weighted by Crippen LogP contribution is 2.35. The highest BCUT2D eigenvalue weighted by molar-refractivity contribution is 5.94. The van der Waals surface area contributed by atoms with Gasteiger partial charge in [0.15, 0.2) is 0 Å². The van der Waals surface area contributed by atoms with Crippen molar-refractivity contribution in [2.75, 3.05) is 6.54 Å². The van der Waals surface area contributed by atoms with Crippen molar-refractivity contribution < 1.29 is 4.79 Å². The standard InChI is InChI=1S/C20H23N3O2/c24-19-15(10-11-17(22-19)16-8-3-4-12-21-16)20(25)23-13-5-7-14-6-1-2-9-18(14)23/h3-4,8,10-12,14,18H,1-2,5-7,9,13H2,(H,22,24)/t14-,18-/m1/s1. The molecule has 2 atom stereocenters. The van der Waals surface area contributed by atoms with Gasteiger partial charge in [-0.25, -0.2) is 0 Å². The van der Waals surface area contributed by atoms with E-state index < -0.39 is 0 Å². The predicted molar refractivity (Wildman–Crippen MR) is 96.3 cm³/mol. The summed E-state index contributed by atoms with van der Waals surface area (Å²) in [7, 11) is 0. The molecule has 130 valence electrons. The van der Waals surface area contributed by atoms with Gasteiger partial charge < -0.3 is 9.88 Å². The number of rotatable bonds is 2. The molecule has 3 heterocycles. The Morgan fingerprint density at radius 2 is 1.92 bits per heavy atom. The Bertz CT molecular complexity index is 813. The molecule has 4 rings (SSSR count). The second-order valence-corrected chi connectivity index (χ2v) is 7.08. The van der Waals surface area contributed by atoms with Gasteiger partial charge in [0.1, 0.15) is 5.56 Å². The number of aromatic nitrogens is 2. The first-order valence-electron chi connectivity index (χ1n) is 9.20. The summed E-state index contributed by atoms with van der Waals surface area (Å²) in [6.07, 6.45) is 8.66. The zero-order valence-electron chi connectivity index (χ0n) is 14.3. The number of H-pyrrole nitrogens is 1. The van der Waals surface area contributed by atoms with Crippen molar-refractivity contribution in [2.45, 2.75) is 44.6 Å². The SMILES string of the molecule is O=C(c1ccc(-c2ccccn2)[nH]c1=O)N1CCC[C@H]2CCCC[C@H]21. The third-order valence-corrected chi connectivity index (χ3v) is 5.58. The lowest BCUT2D eigenvalue weighted by Gasteiger charge is -2.44. The smallest absolute Gasteiger partial charge is 0.261 e. The van der Waals surface area contributed by atoms with Gasteiger partial charge in [-0.15, -0.1) is 0 Å². The summed E-state index contributed by atoms with van der Waals surface area (Å²) in [6.45, 7) is 0.765. The number of aromatic amines is 1. The van der Waals surface area contributed by atoms with E-state index in [4.69, 9.17) is 0 Å². The van der Waals surface area contributed by atoms with Crippen LogP contribution in [0.5, 0.6) is 0 Å². The molecule has 5 nitrogen and oxygen atoms in total. The van der Waals surface area contributed by atoms with Gasteiger partial charge in [-0.2, -0.15) is 0 Å². The van der Waals surface area contributed by atoms with Crippen molar-refractivity contribution in [3.63, 3.8) is 0 Å². The fourth-order valence-corrected chi connectivity index (χ4v) is 4.35. The number of hydrogen-bond donors (Lipinski definition) is 1. The van der Waals surface area contributed by atoms with Crippen LogP contribution < -0.4 is 5.56 Å². The average Bonchev–Trinajstić information content (AvgIpc) is 2.67. The van der Waals surface area contributed by atoms with E-state index in [-0.39, 0.29) is 17.0 Å². The molecule has 5 heteroatoms. The summed E-state index contributed by atoms with van der Waals surface area (Å²) < 4.78 is 0. The van der Waals surface area contributed by atoms with Crippen LogP contribution in [0.3, 0.4) is 0 Å². The number of amides is 1. The molecule has 0 spiro atoms. The Morgan fingerprint density at radius 3 is 2.72 bits per heavy atom. The first-order valence-corrected chi connectivity index (χ1v) is 9.20. The quantitative estimate of drug-likeness (QED) is 0.915. The molecule has 1 saturated heterocycles. The van der Waals surface area contributed by atoms with Crippen LogP contribution in [-0.4, -0.2) is 33.4 Å². The number of nitrogens with one attached hydrogen (secondary N) is 1. The summed E-state index contributed by atoms with van der Waals surface area (Å²) in [6, 6.07) is 9.28. The first kappa shape index (κ1) is 16.1. The highest BCUT2D eigenvalue weighted by Gasteiger charge is 2.36. The van der Waals surface area contributed by atoms with Gasteiger partial charge in [0.25, 0.3) is 11.5 Å². The number of pyridine rings is 2. The Hall–Kier alpha value is -2.43. The van der Waals surface area contributed by atoms with Crippen LogP contribution >= 0.6 is 0 Å². The van der Waals surface area contributed by atoms with Crippen LogP contribution in [0.1, 0.15) is 48.9 Å². The predicted octanol–water partition coefficient (Wildman–Crippen LogP) is 3.23. The number of carbonyl (C=O) groups excluding carboxylic acids is 1.